The molecule has 14 heavy (non-hydrogen) atoms. The lowest BCUT2D eigenvalue weighted by Gasteiger charge is -2.10. The summed E-state index contributed by atoms with van der Waals surface area (Å²) in [6, 6.07) is 1.77. The minimum Gasteiger partial charge on any atom is -0.490 e. The Balaban J connectivity index is 2.55. The molecule has 0 bridgehead atoms. The summed E-state index contributed by atoms with van der Waals surface area (Å²) in [7, 11) is 0. The summed E-state index contributed by atoms with van der Waals surface area (Å²) in [5, 5.41) is 0. The van der Waals surface area contributed by atoms with Gasteiger partial charge in [0.1, 0.15) is 0 Å². The molecule has 78 valence electrons. The zero-order chi connectivity index (χ0) is 10.2. The Hall–Kier alpha value is -1.29. The lowest BCUT2D eigenvalue weighted by atomic mass is 10.4. The Labute approximate surface area is 83.8 Å². The highest BCUT2D eigenvalue weighted by Crippen LogP contribution is 2.24. The van der Waals surface area contributed by atoms with E-state index in [0.717, 1.165) is 0 Å². The van der Waals surface area contributed by atoms with Crippen LogP contribution in [0.5, 0.6) is 11.5 Å². The fourth-order valence-corrected chi connectivity index (χ4v) is 0.939. The molecule has 0 aliphatic carbocycles. The van der Waals surface area contributed by atoms with Crippen molar-refractivity contribution >= 4 is 0 Å². The van der Waals surface area contributed by atoms with Gasteiger partial charge in [-0.3, -0.25) is 4.98 Å². The maximum absolute atomic E-state index is 5.35. The van der Waals surface area contributed by atoms with Crippen molar-refractivity contribution < 1.29 is 14.2 Å². The molecule has 0 aromatic carbocycles. The molecule has 0 spiro atoms. The lowest BCUT2D eigenvalue weighted by molar-refractivity contribution is 0.0203. The highest BCUT2D eigenvalue weighted by Gasteiger charge is 2.03. The van der Waals surface area contributed by atoms with E-state index in [1.54, 1.807) is 18.5 Å². The fraction of sp³-hybridized carbons (Fsp3) is 0.500. The molecule has 0 saturated carbocycles. The summed E-state index contributed by atoms with van der Waals surface area (Å²) in [4.78, 5) is 3.95. The molecule has 0 unspecified atom stereocenters. The van der Waals surface area contributed by atoms with Gasteiger partial charge in [-0.2, -0.15) is 0 Å². The molecule has 0 aliphatic rings. The first-order valence-corrected chi connectivity index (χ1v) is 4.65. The molecule has 0 saturated heterocycles. The second kappa shape index (κ2) is 6.21. The highest BCUT2D eigenvalue weighted by molar-refractivity contribution is 5.36. The molecular formula is C10H15NO3. The molecule has 0 aliphatic heterocycles. The van der Waals surface area contributed by atoms with Crippen molar-refractivity contribution in [2.75, 3.05) is 20.0 Å². The molecule has 1 heterocycles. The van der Waals surface area contributed by atoms with Gasteiger partial charge in [-0.05, 0) is 13.8 Å². The van der Waals surface area contributed by atoms with Crippen LogP contribution >= 0.6 is 0 Å². The molecule has 1 aromatic heterocycles. The van der Waals surface area contributed by atoms with Crippen LogP contribution in [0.2, 0.25) is 0 Å². The van der Waals surface area contributed by atoms with E-state index in [9.17, 15) is 0 Å². The number of ether oxygens (including phenoxy) is 3. The standard InChI is InChI=1S/C10H15NO3/c1-3-12-8-14-10-7-11-6-5-9(10)13-4-2/h5-7H,3-4,8H2,1-2H3. The van der Waals surface area contributed by atoms with Gasteiger partial charge in [0.2, 0.25) is 0 Å². The summed E-state index contributed by atoms with van der Waals surface area (Å²) in [5.41, 5.74) is 0. The Kier molecular flexibility index (Phi) is 4.78. The quantitative estimate of drug-likeness (QED) is 0.515. The van der Waals surface area contributed by atoms with Crippen LogP contribution in [-0.4, -0.2) is 25.0 Å². The van der Waals surface area contributed by atoms with E-state index in [0.29, 0.717) is 24.7 Å². The van der Waals surface area contributed by atoms with Crippen LogP contribution < -0.4 is 9.47 Å². The Morgan fingerprint density at radius 2 is 2.00 bits per heavy atom. The number of nitrogens with zero attached hydrogens (tertiary/aromatic N) is 1. The van der Waals surface area contributed by atoms with Crippen molar-refractivity contribution in [2.45, 2.75) is 13.8 Å². The second-order valence-corrected chi connectivity index (χ2v) is 2.51. The van der Waals surface area contributed by atoms with E-state index in [2.05, 4.69) is 4.98 Å². The van der Waals surface area contributed by atoms with Crippen molar-refractivity contribution in [2.24, 2.45) is 0 Å². The van der Waals surface area contributed by atoms with Gasteiger partial charge >= 0.3 is 0 Å². The average Bonchev–Trinajstić information content (AvgIpc) is 2.21. The summed E-state index contributed by atoms with van der Waals surface area (Å²) in [5.74, 6) is 1.31. The summed E-state index contributed by atoms with van der Waals surface area (Å²) >= 11 is 0. The Morgan fingerprint density at radius 3 is 2.71 bits per heavy atom. The van der Waals surface area contributed by atoms with Crippen LogP contribution in [0.15, 0.2) is 18.5 Å². The lowest BCUT2D eigenvalue weighted by Crippen LogP contribution is -2.04. The van der Waals surface area contributed by atoms with Crippen LogP contribution in [-0.2, 0) is 4.74 Å². The molecule has 0 N–H and O–H groups in total. The van der Waals surface area contributed by atoms with Crippen LogP contribution in [0.25, 0.3) is 0 Å². The number of rotatable bonds is 6. The molecule has 0 atom stereocenters. The minimum absolute atomic E-state index is 0.224. The van der Waals surface area contributed by atoms with Gasteiger partial charge in [-0.15, -0.1) is 0 Å². The summed E-state index contributed by atoms with van der Waals surface area (Å²) < 4.78 is 15.7. The van der Waals surface area contributed by atoms with Gasteiger partial charge in [0.25, 0.3) is 0 Å². The summed E-state index contributed by atoms with van der Waals surface area (Å²) in [6.07, 6.45) is 3.28. The predicted octanol–water partition coefficient (Wildman–Crippen LogP) is 1.85. The van der Waals surface area contributed by atoms with E-state index in [1.807, 2.05) is 13.8 Å². The Morgan fingerprint density at radius 1 is 1.14 bits per heavy atom. The SMILES string of the molecule is CCOCOc1cnccc1OCC. The van der Waals surface area contributed by atoms with E-state index in [4.69, 9.17) is 14.2 Å². The van der Waals surface area contributed by atoms with Crippen molar-refractivity contribution in [1.82, 2.24) is 4.98 Å². The van der Waals surface area contributed by atoms with Crippen molar-refractivity contribution in [1.29, 1.82) is 0 Å². The van der Waals surface area contributed by atoms with Gasteiger partial charge in [-0.25, -0.2) is 0 Å². The third-order valence-electron chi connectivity index (χ3n) is 1.55. The molecule has 1 rings (SSSR count). The van der Waals surface area contributed by atoms with Crippen LogP contribution in [0.3, 0.4) is 0 Å². The monoisotopic (exact) mass is 197 g/mol. The van der Waals surface area contributed by atoms with Crippen molar-refractivity contribution in [3.63, 3.8) is 0 Å². The second-order valence-electron chi connectivity index (χ2n) is 2.51. The van der Waals surface area contributed by atoms with Gasteiger partial charge in [0.05, 0.1) is 12.8 Å². The van der Waals surface area contributed by atoms with E-state index < -0.39 is 0 Å². The smallest absolute Gasteiger partial charge is 0.189 e. The molecule has 0 fully saturated rings. The van der Waals surface area contributed by atoms with Gasteiger partial charge in [0, 0.05) is 18.9 Å². The summed E-state index contributed by atoms with van der Waals surface area (Å²) in [6.45, 7) is 5.30. The van der Waals surface area contributed by atoms with E-state index in [-0.39, 0.29) is 6.79 Å². The van der Waals surface area contributed by atoms with Crippen LogP contribution in [0, 0.1) is 0 Å². The molecule has 1 aromatic rings. The zero-order valence-corrected chi connectivity index (χ0v) is 8.53. The third-order valence-corrected chi connectivity index (χ3v) is 1.55. The van der Waals surface area contributed by atoms with Gasteiger partial charge in [-0.1, -0.05) is 0 Å². The normalized spacial score (nSPS) is 9.86. The van der Waals surface area contributed by atoms with E-state index in [1.165, 1.54) is 0 Å². The number of hydrogen-bond donors (Lipinski definition) is 0. The molecule has 4 heteroatoms. The maximum atomic E-state index is 5.35. The first-order chi connectivity index (χ1) is 6.88. The minimum atomic E-state index is 0.224. The average molecular weight is 197 g/mol. The number of pyridine rings is 1. The van der Waals surface area contributed by atoms with Gasteiger partial charge in [0.15, 0.2) is 18.3 Å². The topological polar surface area (TPSA) is 40.6 Å². The zero-order valence-electron chi connectivity index (χ0n) is 8.53. The maximum Gasteiger partial charge on any atom is 0.189 e. The molecule has 0 amide bonds. The number of hydrogen-bond acceptors (Lipinski definition) is 4. The predicted molar refractivity (Wildman–Crippen MR) is 52.5 cm³/mol. The largest absolute Gasteiger partial charge is 0.490 e. The van der Waals surface area contributed by atoms with E-state index >= 15 is 0 Å². The first-order valence-electron chi connectivity index (χ1n) is 4.65. The number of aromatic nitrogens is 1. The van der Waals surface area contributed by atoms with Crippen LogP contribution in [0.1, 0.15) is 13.8 Å². The van der Waals surface area contributed by atoms with Gasteiger partial charge < -0.3 is 14.2 Å². The first kappa shape index (κ1) is 10.8. The van der Waals surface area contributed by atoms with Crippen molar-refractivity contribution in [3.05, 3.63) is 18.5 Å². The molecular weight excluding hydrogens is 182 g/mol. The molecule has 0 radical (unpaired) electrons. The third kappa shape index (κ3) is 3.22. The molecule has 4 nitrogen and oxygen atoms in total. The van der Waals surface area contributed by atoms with Crippen molar-refractivity contribution in [3.8, 4) is 11.5 Å². The fourth-order valence-electron chi connectivity index (χ4n) is 0.939. The van der Waals surface area contributed by atoms with Crippen LogP contribution in [0.4, 0.5) is 0 Å². The highest BCUT2D eigenvalue weighted by atomic mass is 16.7. The Bertz CT molecular complexity index is 265.